The molecule has 2 unspecified atom stereocenters. The Bertz CT molecular complexity index is 402. The van der Waals surface area contributed by atoms with Crippen molar-refractivity contribution in [3.05, 3.63) is 18.2 Å². The van der Waals surface area contributed by atoms with Gasteiger partial charge in [-0.1, -0.05) is 6.92 Å². The zero-order valence-electron chi connectivity index (χ0n) is 10.6. The minimum atomic E-state index is -0.147. The van der Waals surface area contributed by atoms with Crippen LogP contribution in [0.3, 0.4) is 0 Å². The molecule has 2 atom stereocenters. The Labute approximate surface area is 101 Å². The van der Waals surface area contributed by atoms with Crippen LogP contribution < -0.4 is 0 Å². The summed E-state index contributed by atoms with van der Waals surface area (Å²) in [6, 6.07) is 0.174. The summed E-state index contributed by atoms with van der Waals surface area (Å²) in [7, 11) is 1.44. The van der Waals surface area contributed by atoms with Crippen LogP contribution in [0.15, 0.2) is 12.4 Å². The van der Waals surface area contributed by atoms with E-state index in [-0.39, 0.29) is 17.9 Å². The minimum Gasteiger partial charge on any atom is -0.469 e. The van der Waals surface area contributed by atoms with Crippen LogP contribution in [0.5, 0.6) is 0 Å². The quantitative estimate of drug-likeness (QED) is 0.733. The second kappa shape index (κ2) is 4.87. The Balaban J connectivity index is 2.03. The third kappa shape index (κ3) is 2.34. The van der Waals surface area contributed by atoms with Gasteiger partial charge >= 0.3 is 5.97 Å². The van der Waals surface area contributed by atoms with Gasteiger partial charge in [-0.3, -0.25) is 9.69 Å². The molecule has 1 aromatic heterocycles. The first-order chi connectivity index (χ1) is 8.13. The maximum Gasteiger partial charge on any atom is 0.309 e. The first-order valence-corrected chi connectivity index (χ1v) is 5.95. The maximum atomic E-state index is 11.5. The summed E-state index contributed by atoms with van der Waals surface area (Å²) in [4.78, 5) is 18.1. The molecule has 0 saturated carbocycles. The Morgan fingerprint density at radius 3 is 2.94 bits per heavy atom. The monoisotopic (exact) mass is 237 g/mol. The average molecular weight is 237 g/mol. The van der Waals surface area contributed by atoms with Crippen molar-refractivity contribution in [1.82, 2.24) is 14.5 Å². The molecule has 0 radical (unpaired) electrons. The van der Waals surface area contributed by atoms with E-state index in [0.29, 0.717) is 0 Å². The van der Waals surface area contributed by atoms with Crippen LogP contribution in [0.2, 0.25) is 0 Å². The average Bonchev–Trinajstić information content (AvgIpc) is 2.83. The zero-order valence-corrected chi connectivity index (χ0v) is 10.6. The van der Waals surface area contributed by atoms with Gasteiger partial charge in [0.2, 0.25) is 0 Å². The van der Waals surface area contributed by atoms with Crippen LogP contribution >= 0.6 is 0 Å². The lowest BCUT2D eigenvalue weighted by Crippen LogP contribution is -2.44. The van der Waals surface area contributed by atoms with Crippen molar-refractivity contribution in [2.75, 3.05) is 13.7 Å². The summed E-state index contributed by atoms with van der Waals surface area (Å²) in [5.74, 6) is 0.813. The Hall–Kier alpha value is -1.36. The minimum absolute atomic E-state index is 0.110. The number of methoxy groups -OCH3 is 1. The topological polar surface area (TPSA) is 47.4 Å². The van der Waals surface area contributed by atoms with Crippen molar-refractivity contribution in [3.63, 3.8) is 0 Å². The van der Waals surface area contributed by atoms with Crippen LogP contribution in [0.4, 0.5) is 0 Å². The number of imidazole rings is 1. The number of rotatable bonds is 3. The van der Waals surface area contributed by atoms with E-state index in [1.807, 2.05) is 19.3 Å². The van der Waals surface area contributed by atoms with E-state index in [4.69, 9.17) is 4.74 Å². The first-order valence-electron chi connectivity index (χ1n) is 5.95. The fourth-order valence-corrected chi connectivity index (χ4v) is 2.24. The van der Waals surface area contributed by atoms with Gasteiger partial charge in [0.05, 0.1) is 19.6 Å². The molecule has 2 heterocycles. The van der Waals surface area contributed by atoms with Gasteiger partial charge in [-0.05, 0) is 6.92 Å². The highest BCUT2D eigenvalue weighted by atomic mass is 16.5. The Kier molecular flexibility index (Phi) is 3.47. The summed E-state index contributed by atoms with van der Waals surface area (Å²) >= 11 is 0. The molecule has 0 aromatic carbocycles. The maximum absolute atomic E-state index is 11.5. The van der Waals surface area contributed by atoms with Crippen molar-refractivity contribution in [1.29, 1.82) is 0 Å². The fraction of sp³-hybridized carbons (Fsp3) is 0.667. The molecule has 0 amide bonds. The third-order valence-electron chi connectivity index (χ3n) is 3.65. The molecule has 2 rings (SSSR count). The first kappa shape index (κ1) is 12.1. The van der Waals surface area contributed by atoms with Crippen LogP contribution in [0.1, 0.15) is 19.7 Å². The fourth-order valence-electron chi connectivity index (χ4n) is 2.24. The molecule has 1 aliphatic rings. The predicted octanol–water partition coefficient (Wildman–Crippen LogP) is 0.896. The molecule has 17 heavy (non-hydrogen) atoms. The van der Waals surface area contributed by atoms with E-state index in [0.717, 1.165) is 25.5 Å². The lowest BCUT2D eigenvalue weighted by molar-refractivity contribution is -0.147. The van der Waals surface area contributed by atoms with E-state index >= 15 is 0 Å². The standard InChI is InChI=1S/C12H19N3O2/c1-9(12(16)17-3)10(2)15-7-6-14-5-4-13-11(14)8-15/h4-5,9-10H,6-8H2,1-3H3. The second-order valence-electron chi connectivity index (χ2n) is 4.56. The van der Waals surface area contributed by atoms with Crippen molar-refractivity contribution in [2.45, 2.75) is 33.0 Å². The summed E-state index contributed by atoms with van der Waals surface area (Å²) in [5.41, 5.74) is 0. The van der Waals surface area contributed by atoms with E-state index in [9.17, 15) is 4.79 Å². The van der Waals surface area contributed by atoms with Gasteiger partial charge in [0.25, 0.3) is 0 Å². The third-order valence-corrected chi connectivity index (χ3v) is 3.65. The number of esters is 1. The van der Waals surface area contributed by atoms with E-state index in [1.165, 1.54) is 7.11 Å². The number of hydrogen-bond donors (Lipinski definition) is 0. The molecule has 0 fully saturated rings. The largest absolute Gasteiger partial charge is 0.469 e. The van der Waals surface area contributed by atoms with Crippen molar-refractivity contribution in [2.24, 2.45) is 5.92 Å². The Morgan fingerprint density at radius 2 is 2.24 bits per heavy atom. The molecule has 94 valence electrons. The van der Waals surface area contributed by atoms with E-state index < -0.39 is 0 Å². The molecule has 0 saturated heterocycles. The van der Waals surface area contributed by atoms with Crippen LogP contribution in [-0.4, -0.2) is 40.1 Å². The van der Waals surface area contributed by atoms with Crippen LogP contribution in [0.25, 0.3) is 0 Å². The molecule has 0 bridgehead atoms. The van der Waals surface area contributed by atoms with E-state index in [1.54, 1.807) is 0 Å². The number of carbonyl (C=O) groups excluding carboxylic acids is 1. The lowest BCUT2D eigenvalue weighted by Gasteiger charge is -2.34. The normalized spacial score (nSPS) is 19.5. The summed E-state index contributed by atoms with van der Waals surface area (Å²) < 4.78 is 6.95. The smallest absolute Gasteiger partial charge is 0.309 e. The predicted molar refractivity (Wildman–Crippen MR) is 63.3 cm³/mol. The van der Waals surface area contributed by atoms with Gasteiger partial charge in [-0.25, -0.2) is 4.98 Å². The van der Waals surface area contributed by atoms with Crippen molar-refractivity contribution >= 4 is 5.97 Å². The van der Waals surface area contributed by atoms with Gasteiger partial charge < -0.3 is 9.30 Å². The number of ether oxygens (including phenoxy) is 1. The molecule has 0 aliphatic carbocycles. The van der Waals surface area contributed by atoms with Gasteiger partial charge in [-0.2, -0.15) is 0 Å². The highest BCUT2D eigenvalue weighted by Gasteiger charge is 2.28. The zero-order chi connectivity index (χ0) is 12.4. The molecule has 0 spiro atoms. The summed E-state index contributed by atoms with van der Waals surface area (Å²) in [6.07, 6.45) is 3.83. The van der Waals surface area contributed by atoms with Gasteiger partial charge in [-0.15, -0.1) is 0 Å². The molecule has 1 aromatic rings. The molecular weight excluding hydrogens is 218 g/mol. The SMILES string of the molecule is COC(=O)C(C)C(C)N1CCn2ccnc2C1. The number of carbonyl (C=O) groups is 1. The number of fused-ring (bicyclic) bond motifs is 1. The molecular formula is C12H19N3O2. The molecule has 5 heteroatoms. The Morgan fingerprint density at radius 1 is 1.47 bits per heavy atom. The number of nitrogens with zero attached hydrogens (tertiary/aromatic N) is 3. The summed E-state index contributed by atoms with van der Waals surface area (Å²) in [6.45, 7) is 6.67. The van der Waals surface area contributed by atoms with Crippen LogP contribution in [-0.2, 0) is 22.6 Å². The van der Waals surface area contributed by atoms with Crippen LogP contribution in [0, 0.1) is 5.92 Å². The van der Waals surface area contributed by atoms with Crippen molar-refractivity contribution < 1.29 is 9.53 Å². The highest BCUT2D eigenvalue weighted by molar-refractivity contribution is 5.72. The lowest BCUT2D eigenvalue weighted by atomic mass is 10.0. The molecule has 5 nitrogen and oxygen atoms in total. The van der Waals surface area contributed by atoms with Crippen molar-refractivity contribution in [3.8, 4) is 0 Å². The second-order valence-corrected chi connectivity index (χ2v) is 4.56. The van der Waals surface area contributed by atoms with Gasteiger partial charge in [0, 0.05) is 31.5 Å². The van der Waals surface area contributed by atoms with Gasteiger partial charge in [0.15, 0.2) is 0 Å². The van der Waals surface area contributed by atoms with E-state index in [2.05, 4.69) is 21.4 Å². The molecule has 1 aliphatic heterocycles. The molecule has 0 N–H and O–H groups in total. The van der Waals surface area contributed by atoms with Gasteiger partial charge in [0.1, 0.15) is 5.82 Å². The highest BCUT2D eigenvalue weighted by Crippen LogP contribution is 2.18. The number of hydrogen-bond acceptors (Lipinski definition) is 4. The number of aromatic nitrogens is 2. The summed E-state index contributed by atoms with van der Waals surface area (Å²) in [5, 5.41) is 0.